The van der Waals surface area contributed by atoms with Gasteiger partial charge in [-0.25, -0.2) is 4.79 Å². The fourth-order valence-corrected chi connectivity index (χ4v) is 4.99. The standard InChI is InChI=1S/C21H26N2O2/c1-13-8-10-16-17(11-9-13)19-18(16)14(2)22-23-20(19)21(24)25-12-15-6-4-3-5-7-15/h3-7,13,16-19H,8-12H2,1-2H3/t13?,16?,17?,18?,19-/m0/s1. The van der Waals surface area contributed by atoms with Crippen molar-refractivity contribution in [1.29, 1.82) is 0 Å². The summed E-state index contributed by atoms with van der Waals surface area (Å²) in [6.45, 7) is 4.71. The number of rotatable bonds is 3. The van der Waals surface area contributed by atoms with Crippen LogP contribution < -0.4 is 0 Å². The van der Waals surface area contributed by atoms with Gasteiger partial charge in [0.15, 0.2) is 5.71 Å². The van der Waals surface area contributed by atoms with Gasteiger partial charge in [0.2, 0.25) is 0 Å². The number of ether oxygens (including phenoxy) is 1. The number of esters is 1. The lowest BCUT2D eigenvalue weighted by Crippen LogP contribution is -2.56. The van der Waals surface area contributed by atoms with Crippen molar-refractivity contribution in [3.8, 4) is 0 Å². The molecule has 25 heavy (non-hydrogen) atoms. The van der Waals surface area contributed by atoms with E-state index in [0.717, 1.165) is 17.2 Å². The van der Waals surface area contributed by atoms with E-state index in [0.29, 0.717) is 30.1 Å². The predicted molar refractivity (Wildman–Crippen MR) is 98.4 cm³/mol. The van der Waals surface area contributed by atoms with E-state index in [1.807, 2.05) is 30.3 Å². The zero-order valence-corrected chi connectivity index (χ0v) is 15.0. The van der Waals surface area contributed by atoms with Crippen LogP contribution in [0.15, 0.2) is 40.5 Å². The van der Waals surface area contributed by atoms with E-state index in [1.54, 1.807) is 0 Å². The van der Waals surface area contributed by atoms with Crippen molar-refractivity contribution in [3.05, 3.63) is 35.9 Å². The maximum absolute atomic E-state index is 12.7. The van der Waals surface area contributed by atoms with Crippen LogP contribution in [0.1, 0.15) is 45.1 Å². The zero-order chi connectivity index (χ0) is 17.4. The highest BCUT2D eigenvalue weighted by molar-refractivity contribution is 6.38. The SMILES string of the molecule is CC1=NN=C(C(=O)OCc2ccccc2)[C@H]2C3CCC(C)CCC3C12. The number of carbonyl (C=O) groups excluding carboxylic acids is 1. The number of fused-ring (bicyclic) bond motifs is 4. The molecular weight excluding hydrogens is 312 g/mol. The first-order valence-electron chi connectivity index (χ1n) is 9.48. The topological polar surface area (TPSA) is 51.0 Å². The molecule has 0 radical (unpaired) electrons. The molecule has 1 heterocycles. The van der Waals surface area contributed by atoms with E-state index in [1.165, 1.54) is 25.7 Å². The van der Waals surface area contributed by atoms with E-state index in [-0.39, 0.29) is 11.9 Å². The zero-order valence-electron chi connectivity index (χ0n) is 15.0. The van der Waals surface area contributed by atoms with Crippen LogP contribution >= 0.6 is 0 Å². The Bertz CT molecular complexity index is 710. The van der Waals surface area contributed by atoms with Crippen LogP contribution in [-0.2, 0) is 16.1 Å². The molecule has 4 nitrogen and oxygen atoms in total. The Labute approximate surface area is 149 Å². The average Bonchev–Trinajstić information content (AvgIpc) is 2.76. The molecule has 1 aromatic carbocycles. The summed E-state index contributed by atoms with van der Waals surface area (Å²) in [5, 5.41) is 8.59. The lowest BCUT2D eigenvalue weighted by molar-refractivity contribution is -0.138. The van der Waals surface area contributed by atoms with Gasteiger partial charge in [0.05, 0.1) is 0 Å². The van der Waals surface area contributed by atoms with Crippen molar-refractivity contribution < 1.29 is 9.53 Å². The molecule has 3 aliphatic rings. The third-order valence-electron chi connectivity index (χ3n) is 6.38. The second kappa shape index (κ2) is 6.74. The molecule has 4 unspecified atom stereocenters. The van der Waals surface area contributed by atoms with Crippen molar-refractivity contribution in [2.24, 2.45) is 39.8 Å². The summed E-state index contributed by atoms with van der Waals surface area (Å²) in [4.78, 5) is 12.7. The molecule has 5 atom stereocenters. The molecule has 2 saturated carbocycles. The Morgan fingerprint density at radius 2 is 1.72 bits per heavy atom. The highest BCUT2D eigenvalue weighted by atomic mass is 16.5. The van der Waals surface area contributed by atoms with Crippen molar-refractivity contribution in [2.75, 3.05) is 0 Å². The Kier molecular flexibility index (Phi) is 4.45. The molecule has 1 aliphatic heterocycles. The summed E-state index contributed by atoms with van der Waals surface area (Å²) in [5.74, 6) is 2.36. The van der Waals surface area contributed by atoms with Crippen LogP contribution in [0.2, 0.25) is 0 Å². The number of nitrogens with zero attached hydrogens (tertiary/aromatic N) is 2. The molecule has 0 N–H and O–H groups in total. The van der Waals surface area contributed by atoms with Crippen LogP contribution in [0.25, 0.3) is 0 Å². The van der Waals surface area contributed by atoms with Crippen molar-refractivity contribution in [2.45, 2.75) is 46.1 Å². The monoisotopic (exact) mass is 338 g/mol. The average molecular weight is 338 g/mol. The smallest absolute Gasteiger partial charge is 0.355 e. The molecule has 1 aromatic rings. The lowest BCUT2D eigenvalue weighted by Gasteiger charge is -2.52. The largest absolute Gasteiger partial charge is 0.456 e. The minimum absolute atomic E-state index is 0.219. The molecule has 0 saturated heterocycles. The van der Waals surface area contributed by atoms with Gasteiger partial charge in [-0.2, -0.15) is 5.10 Å². The molecule has 2 fully saturated rings. The fraction of sp³-hybridized carbons (Fsp3) is 0.571. The molecular formula is C21H26N2O2. The van der Waals surface area contributed by atoms with E-state index < -0.39 is 0 Å². The van der Waals surface area contributed by atoms with Crippen molar-refractivity contribution in [3.63, 3.8) is 0 Å². The number of hydrogen-bond donors (Lipinski definition) is 0. The number of carbonyl (C=O) groups is 1. The van der Waals surface area contributed by atoms with Gasteiger partial charge < -0.3 is 4.74 Å². The van der Waals surface area contributed by atoms with Gasteiger partial charge in [-0.05, 0) is 43.1 Å². The van der Waals surface area contributed by atoms with Crippen LogP contribution in [0.4, 0.5) is 0 Å². The van der Waals surface area contributed by atoms with Crippen LogP contribution in [0.5, 0.6) is 0 Å². The predicted octanol–water partition coefficient (Wildman–Crippen LogP) is 4.25. The minimum Gasteiger partial charge on any atom is -0.456 e. The highest BCUT2D eigenvalue weighted by Crippen LogP contribution is 2.55. The lowest BCUT2D eigenvalue weighted by atomic mass is 9.52. The molecule has 0 bridgehead atoms. The van der Waals surface area contributed by atoms with Crippen molar-refractivity contribution in [1.82, 2.24) is 0 Å². The maximum Gasteiger partial charge on any atom is 0.355 e. The first-order chi connectivity index (χ1) is 12.1. The normalized spacial score (nSPS) is 33.8. The molecule has 132 valence electrons. The van der Waals surface area contributed by atoms with E-state index in [9.17, 15) is 4.79 Å². The quantitative estimate of drug-likeness (QED) is 0.774. The van der Waals surface area contributed by atoms with Crippen molar-refractivity contribution >= 4 is 17.4 Å². The summed E-state index contributed by atoms with van der Waals surface area (Å²) in [6, 6.07) is 9.79. The molecule has 0 spiro atoms. The summed E-state index contributed by atoms with van der Waals surface area (Å²) in [7, 11) is 0. The number of benzene rings is 1. The summed E-state index contributed by atoms with van der Waals surface area (Å²) >= 11 is 0. The fourth-order valence-electron chi connectivity index (χ4n) is 4.99. The second-order valence-corrected chi connectivity index (χ2v) is 7.93. The van der Waals surface area contributed by atoms with E-state index in [2.05, 4.69) is 24.1 Å². The van der Waals surface area contributed by atoms with E-state index >= 15 is 0 Å². The molecule has 4 heteroatoms. The molecule has 2 aliphatic carbocycles. The molecule has 0 amide bonds. The van der Waals surface area contributed by atoms with Gasteiger partial charge in [-0.1, -0.05) is 50.1 Å². The van der Waals surface area contributed by atoms with Gasteiger partial charge in [0.1, 0.15) is 6.61 Å². The van der Waals surface area contributed by atoms with Crippen LogP contribution in [0, 0.1) is 29.6 Å². The molecule has 4 rings (SSSR count). The summed E-state index contributed by atoms with van der Waals surface area (Å²) in [6.07, 6.45) is 5.01. The van der Waals surface area contributed by atoms with E-state index in [4.69, 9.17) is 4.74 Å². The van der Waals surface area contributed by atoms with Gasteiger partial charge in [-0.3, -0.25) is 0 Å². The van der Waals surface area contributed by atoms with Crippen LogP contribution in [0.3, 0.4) is 0 Å². The first kappa shape index (κ1) is 16.5. The maximum atomic E-state index is 12.7. The van der Waals surface area contributed by atoms with Gasteiger partial charge in [0, 0.05) is 17.5 Å². The number of hydrogen-bond acceptors (Lipinski definition) is 4. The Morgan fingerprint density at radius 1 is 1.04 bits per heavy atom. The minimum atomic E-state index is -0.286. The first-order valence-corrected chi connectivity index (χ1v) is 9.48. The van der Waals surface area contributed by atoms with Crippen LogP contribution in [-0.4, -0.2) is 17.4 Å². The Balaban J connectivity index is 1.48. The van der Waals surface area contributed by atoms with Gasteiger partial charge in [0.25, 0.3) is 0 Å². The molecule has 0 aromatic heterocycles. The summed E-state index contributed by atoms with van der Waals surface area (Å²) in [5.41, 5.74) is 2.65. The third kappa shape index (κ3) is 3.03. The van der Waals surface area contributed by atoms with Gasteiger partial charge in [-0.15, -0.1) is 5.10 Å². The summed E-state index contributed by atoms with van der Waals surface area (Å²) < 4.78 is 5.55. The van der Waals surface area contributed by atoms with Gasteiger partial charge >= 0.3 is 5.97 Å². The second-order valence-electron chi connectivity index (χ2n) is 7.93. The third-order valence-corrected chi connectivity index (χ3v) is 6.38. The Morgan fingerprint density at radius 3 is 2.44 bits per heavy atom. The highest BCUT2D eigenvalue weighted by Gasteiger charge is 2.56. The Hall–Kier alpha value is -1.97.